The molecule has 0 saturated carbocycles. The van der Waals surface area contributed by atoms with E-state index in [-0.39, 0.29) is 0 Å². The Kier molecular flexibility index (Phi) is 2.60. The molecule has 0 atom stereocenters. The van der Waals surface area contributed by atoms with Crippen LogP contribution in [0.15, 0.2) is 39.7 Å². The van der Waals surface area contributed by atoms with Crippen LogP contribution in [-0.2, 0) is 7.05 Å². The quantitative estimate of drug-likeness (QED) is 0.722. The standard InChI is InChI=1S/C9H7BrN6S/c1-15-5-12-14-9(15)17-8-7-11-2-3-16(7)4-6(10)13-8/h2-5H,1H3. The normalized spacial score (nSPS) is 11.2. The van der Waals surface area contributed by atoms with Crippen molar-refractivity contribution in [3.63, 3.8) is 0 Å². The van der Waals surface area contributed by atoms with Gasteiger partial charge in [-0.25, -0.2) is 9.97 Å². The third-order valence-electron chi connectivity index (χ3n) is 2.17. The molecule has 0 amide bonds. The van der Waals surface area contributed by atoms with E-state index in [1.165, 1.54) is 11.8 Å². The summed E-state index contributed by atoms with van der Waals surface area (Å²) >= 11 is 4.81. The van der Waals surface area contributed by atoms with Crippen molar-refractivity contribution in [1.82, 2.24) is 29.1 Å². The van der Waals surface area contributed by atoms with Crippen LogP contribution in [0.1, 0.15) is 0 Å². The van der Waals surface area contributed by atoms with Gasteiger partial charge in [0.05, 0.1) is 0 Å². The van der Waals surface area contributed by atoms with Gasteiger partial charge in [-0.15, -0.1) is 10.2 Å². The Labute approximate surface area is 109 Å². The zero-order chi connectivity index (χ0) is 11.8. The Balaban J connectivity index is 2.11. The third-order valence-corrected chi connectivity index (χ3v) is 3.57. The molecule has 0 aliphatic heterocycles. The number of aromatic nitrogens is 6. The fraction of sp³-hybridized carbons (Fsp3) is 0.111. The summed E-state index contributed by atoms with van der Waals surface area (Å²) in [5.41, 5.74) is 0.807. The molecule has 0 bridgehead atoms. The zero-order valence-electron chi connectivity index (χ0n) is 8.78. The van der Waals surface area contributed by atoms with Crippen LogP contribution in [0.3, 0.4) is 0 Å². The van der Waals surface area contributed by atoms with E-state index in [0.717, 1.165) is 20.4 Å². The number of halogens is 1. The summed E-state index contributed by atoms with van der Waals surface area (Å²) < 4.78 is 4.51. The molecule has 3 heterocycles. The molecule has 0 unspecified atom stereocenters. The first-order chi connectivity index (χ1) is 8.24. The topological polar surface area (TPSA) is 60.9 Å². The Morgan fingerprint density at radius 3 is 3.06 bits per heavy atom. The predicted octanol–water partition coefficient (Wildman–Crippen LogP) is 1.77. The number of fused-ring (bicyclic) bond motifs is 1. The molecule has 0 spiro atoms. The molecule has 0 saturated heterocycles. The fourth-order valence-electron chi connectivity index (χ4n) is 1.39. The summed E-state index contributed by atoms with van der Waals surface area (Å²) in [4.78, 5) is 8.68. The van der Waals surface area contributed by atoms with E-state index in [2.05, 4.69) is 36.1 Å². The molecule has 0 aromatic carbocycles. The molecular weight excluding hydrogens is 304 g/mol. The maximum atomic E-state index is 4.40. The second kappa shape index (κ2) is 4.11. The molecular formula is C9H7BrN6S. The molecule has 8 heteroatoms. The molecule has 0 aliphatic carbocycles. The highest BCUT2D eigenvalue weighted by Crippen LogP contribution is 2.27. The maximum Gasteiger partial charge on any atom is 0.197 e. The smallest absolute Gasteiger partial charge is 0.197 e. The molecule has 6 nitrogen and oxygen atoms in total. The van der Waals surface area contributed by atoms with Crippen molar-refractivity contribution in [3.05, 3.63) is 29.5 Å². The molecule has 0 radical (unpaired) electrons. The summed E-state index contributed by atoms with van der Waals surface area (Å²) in [5, 5.41) is 9.42. The minimum absolute atomic E-state index is 0.757. The summed E-state index contributed by atoms with van der Waals surface area (Å²) in [6, 6.07) is 0. The number of hydrogen-bond donors (Lipinski definition) is 0. The van der Waals surface area contributed by atoms with E-state index in [4.69, 9.17) is 0 Å². The molecule has 17 heavy (non-hydrogen) atoms. The van der Waals surface area contributed by atoms with Crippen molar-refractivity contribution in [2.45, 2.75) is 10.2 Å². The average molecular weight is 311 g/mol. The first kappa shape index (κ1) is 10.7. The second-order valence-electron chi connectivity index (χ2n) is 3.35. The molecule has 0 fully saturated rings. The molecule has 3 aromatic rings. The van der Waals surface area contributed by atoms with E-state index < -0.39 is 0 Å². The number of hydrogen-bond acceptors (Lipinski definition) is 5. The number of rotatable bonds is 2. The largest absolute Gasteiger partial charge is 0.311 e. The molecule has 0 N–H and O–H groups in total. The van der Waals surface area contributed by atoms with Crippen molar-refractivity contribution in [1.29, 1.82) is 0 Å². The lowest BCUT2D eigenvalue weighted by molar-refractivity contribution is 0.786. The van der Waals surface area contributed by atoms with Crippen LogP contribution in [-0.4, -0.2) is 29.1 Å². The van der Waals surface area contributed by atoms with Crippen LogP contribution in [0.5, 0.6) is 0 Å². The summed E-state index contributed by atoms with van der Waals surface area (Å²) in [5.74, 6) is 0. The summed E-state index contributed by atoms with van der Waals surface area (Å²) in [6.45, 7) is 0. The van der Waals surface area contributed by atoms with Crippen molar-refractivity contribution in [3.8, 4) is 0 Å². The highest BCUT2D eigenvalue weighted by molar-refractivity contribution is 9.10. The zero-order valence-corrected chi connectivity index (χ0v) is 11.2. The lowest BCUT2D eigenvalue weighted by atomic mass is 10.7. The fourth-order valence-corrected chi connectivity index (χ4v) is 2.75. The third kappa shape index (κ3) is 1.93. The monoisotopic (exact) mass is 310 g/mol. The highest BCUT2D eigenvalue weighted by atomic mass is 79.9. The van der Waals surface area contributed by atoms with Gasteiger partial charge in [0.2, 0.25) is 0 Å². The van der Waals surface area contributed by atoms with Gasteiger partial charge in [-0.1, -0.05) is 0 Å². The van der Waals surface area contributed by atoms with E-state index in [1.54, 1.807) is 12.5 Å². The highest BCUT2D eigenvalue weighted by Gasteiger charge is 2.11. The van der Waals surface area contributed by atoms with Gasteiger partial charge in [0.25, 0.3) is 0 Å². The SMILES string of the molecule is Cn1cnnc1Sc1nc(Br)cn2ccnc12. The van der Waals surface area contributed by atoms with Crippen molar-refractivity contribution < 1.29 is 0 Å². The van der Waals surface area contributed by atoms with Gasteiger partial charge in [0.15, 0.2) is 10.8 Å². The predicted molar refractivity (Wildman–Crippen MR) is 65.8 cm³/mol. The Hall–Kier alpha value is -1.41. The van der Waals surface area contributed by atoms with Crippen molar-refractivity contribution >= 4 is 33.3 Å². The van der Waals surface area contributed by atoms with Gasteiger partial charge in [-0.2, -0.15) is 0 Å². The lowest BCUT2D eigenvalue weighted by Crippen LogP contribution is -1.94. The van der Waals surface area contributed by atoms with Crippen LogP contribution >= 0.6 is 27.7 Å². The van der Waals surface area contributed by atoms with Gasteiger partial charge in [0.1, 0.15) is 16.0 Å². The van der Waals surface area contributed by atoms with Gasteiger partial charge in [-0.3, -0.25) is 0 Å². The van der Waals surface area contributed by atoms with E-state index in [0.29, 0.717) is 0 Å². The van der Waals surface area contributed by atoms with Gasteiger partial charge < -0.3 is 8.97 Å². The molecule has 86 valence electrons. The van der Waals surface area contributed by atoms with Crippen LogP contribution in [0.4, 0.5) is 0 Å². The number of aryl methyl sites for hydroxylation is 1. The van der Waals surface area contributed by atoms with Crippen LogP contribution in [0, 0.1) is 0 Å². The van der Waals surface area contributed by atoms with Crippen molar-refractivity contribution in [2.75, 3.05) is 0 Å². The number of nitrogens with zero attached hydrogens (tertiary/aromatic N) is 6. The van der Waals surface area contributed by atoms with E-state index >= 15 is 0 Å². The summed E-state index contributed by atoms with van der Waals surface area (Å²) in [7, 11) is 1.89. The maximum absolute atomic E-state index is 4.40. The first-order valence-corrected chi connectivity index (χ1v) is 6.36. The minimum Gasteiger partial charge on any atom is -0.311 e. The molecule has 0 aliphatic rings. The average Bonchev–Trinajstić information content (AvgIpc) is 2.88. The van der Waals surface area contributed by atoms with Crippen LogP contribution in [0.25, 0.3) is 5.65 Å². The Bertz CT molecular complexity index is 675. The summed E-state index contributed by atoms with van der Waals surface area (Å²) in [6.07, 6.45) is 7.14. The van der Waals surface area contributed by atoms with Crippen molar-refractivity contribution in [2.24, 2.45) is 7.05 Å². The Morgan fingerprint density at radius 1 is 1.41 bits per heavy atom. The molecule has 3 rings (SSSR count). The Morgan fingerprint density at radius 2 is 2.29 bits per heavy atom. The van der Waals surface area contributed by atoms with Crippen LogP contribution in [0.2, 0.25) is 0 Å². The van der Waals surface area contributed by atoms with Gasteiger partial charge in [-0.05, 0) is 27.7 Å². The van der Waals surface area contributed by atoms with E-state index in [1.807, 2.05) is 28.4 Å². The lowest BCUT2D eigenvalue weighted by Gasteiger charge is -2.02. The first-order valence-electron chi connectivity index (χ1n) is 4.75. The van der Waals surface area contributed by atoms with E-state index in [9.17, 15) is 0 Å². The number of imidazole rings is 1. The van der Waals surface area contributed by atoms with Crippen LogP contribution < -0.4 is 0 Å². The van der Waals surface area contributed by atoms with Gasteiger partial charge in [0, 0.05) is 25.6 Å². The molecule has 3 aromatic heterocycles. The second-order valence-corrected chi connectivity index (χ2v) is 5.12. The van der Waals surface area contributed by atoms with Gasteiger partial charge >= 0.3 is 0 Å². The minimum atomic E-state index is 0.757.